The van der Waals surface area contributed by atoms with Gasteiger partial charge in [0.1, 0.15) is 17.9 Å². The summed E-state index contributed by atoms with van der Waals surface area (Å²) in [7, 11) is 0. The molecule has 1 amide bonds. The smallest absolute Gasteiger partial charge is 0.332 e. The fourth-order valence-corrected chi connectivity index (χ4v) is 6.02. The molecule has 0 aromatic heterocycles. The number of halogens is 1. The Kier molecular flexibility index (Phi) is 5.96. The van der Waals surface area contributed by atoms with E-state index in [4.69, 9.17) is 31.5 Å². The molecule has 0 unspecified atom stereocenters. The van der Waals surface area contributed by atoms with Gasteiger partial charge in [-0.15, -0.1) is 0 Å². The van der Waals surface area contributed by atoms with Crippen molar-refractivity contribution in [1.29, 1.82) is 5.26 Å². The summed E-state index contributed by atoms with van der Waals surface area (Å²) >= 11 is 6.18. The molecule has 0 bridgehead atoms. The lowest BCUT2D eigenvalue weighted by atomic mass is 9.49. The summed E-state index contributed by atoms with van der Waals surface area (Å²) in [4.78, 5) is 30.8. The summed E-state index contributed by atoms with van der Waals surface area (Å²) in [5, 5.41) is 18.2. The minimum absolute atomic E-state index is 0.0426. The lowest BCUT2D eigenvalue weighted by Gasteiger charge is -2.65. The van der Waals surface area contributed by atoms with Crippen LogP contribution in [0.3, 0.4) is 0 Å². The first-order valence-electron chi connectivity index (χ1n) is 10.9. The molecule has 0 saturated heterocycles. The van der Waals surface area contributed by atoms with Gasteiger partial charge in [-0.2, -0.15) is 5.26 Å². The van der Waals surface area contributed by atoms with Crippen LogP contribution in [0, 0.1) is 22.2 Å². The van der Waals surface area contributed by atoms with Crippen molar-refractivity contribution >= 4 is 29.2 Å². The van der Waals surface area contributed by atoms with Crippen LogP contribution in [0.15, 0.2) is 36.4 Å². The number of rotatable bonds is 7. The van der Waals surface area contributed by atoms with E-state index >= 15 is 0 Å². The molecule has 1 saturated carbocycles. The van der Waals surface area contributed by atoms with E-state index in [1.807, 2.05) is 11.0 Å². The number of carbonyl (C=O) groups excluding carboxylic acids is 1. The van der Waals surface area contributed by atoms with E-state index in [0.29, 0.717) is 34.1 Å². The van der Waals surface area contributed by atoms with Crippen LogP contribution in [0.5, 0.6) is 5.75 Å². The van der Waals surface area contributed by atoms with Gasteiger partial charge in [0.2, 0.25) is 0 Å². The van der Waals surface area contributed by atoms with Gasteiger partial charge in [-0.1, -0.05) is 39.3 Å². The highest BCUT2D eigenvalue weighted by atomic mass is 35.5. The normalized spacial score (nSPS) is 21.9. The van der Waals surface area contributed by atoms with E-state index in [-0.39, 0.29) is 28.9 Å². The average Bonchev–Trinajstić information content (AvgIpc) is 3.06. The highest BCUT2D eigenvalue weighted by Gasteiger charge is 2.66. The number of nitriles is 1. The van der Waals surface area contributed by atoms with Crippen molar-refractivity contribution in [3.8, 4) is 11.8 Å². The zero-order valence-electron chi connectivity index (χ0n) is 19.4. The van der Waals surface area contributed by atoms with Gasteiger partial charge in [-0.3, -0.25) is 15.1 Å². The fraction of sp³-hybridized carbons (Fsp3) is 0.400. The van der Waals surface area contributed by atoms with Crippen molar-refractivity contribution in [3.63, 3.8) is 0 Å². The number of ether oxygens (including phenoxy) is 1. The molecular formula is C25H26ClN3O5. The molecule has 1 aliphatic heterocycles. The van der Waals surface area contributed by atoms with Gasteiger partial charge in [0.05, 0.1) is 16.3 Å². The molecule has 2 aromatic rings. The molecule has 4 rings (SSSR count). The van der Waals surface area contributed by atoms with Crippen molar-refractivity contribution in [2.45, 2.75) is 46.4 Å². The first-order chi connectivity index (χ1) is 16.0. The molecule has 8 nitrogen and oxygen atoms in total. The number of aliphatic carboxylic acids is 1. The Hall–Kier alpha value is -3.28. The second-order valence-corrected chi connectivity index (χ2v) is 10.3. The standard InChI is InChI=1S/C25H26ClN3O5/c1-24(2)22(25(3,4)23(24)34-17-7-5-14(11-27)19(26)10-17)29-12-15-9-16(28-33-13-20(30)31)6-8-18(15)21(29)32/h5-10,22-23,28H,12-13H2,1-4H3,(H,30,31)/t22-,23-. The lowest BCUT2D eigenvalue weighted by Crippen LogP contribution is -2.74. The monoisotopic (exact) mass is 483 g/mol. The topological polar surface area (TPSA) is 112 Å². The predicted octanol–water partition coefficient (Wildman–Crippen LogP) is 4.48. The summed E-state index contributed by atoms with van der Waals surface area (Å²) in [6, 6.07) is 12.2. The Bertz CT molecular complexity index is 1190. The summed E-state index contributed by atoms with van der Waals surface area (Å²) in [6.07, 6.45) is -0.188. The maximum absolute atomic E-state index is 13.3. The molecule has 9 heteroatoms. The van der Waals surface area contributed by atoms with Crippen LogP contribution in [0.4, 0.5) is 5.69 Å². The fourth-order valence-electron chi connectivity index (χ4n) is 5.81. The maximum atomic E-state index is 13.3. The Morgan fingerprint density at radius 1 is 1.24 bits per heavy atom. The third-order valence-corrected chi connectivity index (χ3v) is 7.02. The molecule has 0 radical (unpaired) electrons. The van der Waals surface area contributed by atoms with Gasteiger partial charge in [-0.25, -0.2) is 4.79 Å². The Morgan fingerprint density at radius 2 is 1.94 bits per heavy atom. The van der Waals surface area contributed by atoms with Crippen LogP contribution >= 0.6 is 11.6 Å². The molecular weight excluding hydrogens is 458 g/mol. The molecule has 1 heterocycles. The van der Waals surface area contributed by atoms with Crippen LogP contribution < -0.4 is 10.2 Å². The first-order valence-corrected chi connectivity index (χ1v) is 11.2. The summed E-state index contributed by atoms with van der Waals surface area (Å²) < 4.78 is 6.34. The molecule has 34 heavy (non-hydrogen) atoms. The molecule has 0 spiro atoms. The second-order valence-electron chi connectivity index (χ2n) is 9.89. The number of fused-ring (bicyclic) bond motifs is 1. The molecule has 2 N–H and O–H groups in total. The van der Waals surface area contributed by atoms with Crippen LogP contribution in [-0.2, 0) is 16.2 Å². The minimum Gasteiger partial charge on any atom is -0.489 e. The third-order valence-electron chi connectivity index (χ3n) is 6.71. The van der Waals surface area contributed by atoms with Crippen molar-refractivity contribution < 1.29 is 24.3 Å². The third kappa shape index (κ3) is 3.95. The molecule has 2 aromatic carbocycles. The largest absolute Gasteiger partial charge is 0.489 e. The highest BCUT2D eigenvalue weighted by Crippen LogP contribution is 2.59. The molecule has 2 aliphatic rings. The zero-order valence-corrected chi connectivity index (χ0v) is 20.1. The second kappa shape index (κ2) is 8.49. The quantitative estimate of drug-likeness (QED) is 0.558. The van der Waals surface area contributed by atoms with E-state index in [9.17, 15) is 9.59 Å². The van der Waals surface area contributed by atoms with E-state index in [0.717, 1.165) is 5.56 Å². The average molecular weight is 484 g/mol. The minimum atomic E-state index is -1.08. The van der Waals surface area contributed by atoms with Crippen LogP contribution in [0.2, 0.25) is 5.02 Å². The number of nitrogens with zero attached hydrogens (tertiary/aromatic N) is 2. The lowest BCUT2D eigenvalue weighted by molar-refractivity contribution is -0.199. The van der Waals surface area contributed by atoms with Crippen molar-refractivity contribution in [1.82, 2.24) is 4.90 Å². The Morgan fingerprint density at radius 3 is 2.56 bits per heavy atom. The summed E-state index contributed by atoms with van der Waals surface area (Å²) in [6.45, 7) is 8.31. The van der Waals surface area contributed by atoms with Crippen LogP contribution in [0.25, 0.3) is 0 Å². The molecule has 0 atom stereocenters. The zero-order chi connectivity index (χ0) is 24.8. The Labute approximate surface area is 203 Å². The highest BCUT2D eigenvalue weighted by molar-refractivity contribution is 6.31. The number of carbonyl (C=O) groups is 2. The number of amides is 1. The number of hydrogen-bond donors (Lipinski definition) is 2. The van der Waals surface area contributed by atoms with Crippen molar-refractivity contribution in [3.05, 3.63) is 58.1 Å². The number of anilines is 1. The van der Waals surface area contributed by atoms with Crippen LogP contribution in [0.1, 0.15) is 49.2 Å². The van der Waals surface area contributed by atoms with E-state index in [1.165, 1.54) is 0 Å². The Balaban J connectivity index is 1.51. The number of carboxylic acids is 1. The van der Waals surface area contributed by atoms with Crippen molar-refractivity contribution in [2.24, 2.45) is 10.8 Å². The van der Waals surface area contributed by atoms with E-state index < -0.39 is 12.6 Å². The van der Waals surface area contributed by atoms with Gasteiger partial charge in [0, 0.05) is 35.0 Å². The first kappa shape index (κ1) is 23.9. The maximum Gasteiger partial charge on any atom is 0.332 e. The van der Waals surface area contributed by atoms with Crippen molar-refractivity contribution in [2.75, 3.05) is 12.1 Å². The van der Waals surface area contributed by atoms with E-state index in [2.05, 4.69) is 33.2 Å². The van der Waals surface area contributed by atoms with Crippen LogP contribution in [-0.4, -0.2) is 40.6 Å². The van der Waals surface area contributed by atoms with Gasteiger partial charge in [0.25, 0.3) is 5.91 Å². The number of carboxylic acid groups (broad SMARTS) is 1. The van der Waals surface area contributed by atoms with E-state index in [1.54, 1.807) is 36.4 Å². The predicted molar refractivity (Wildman–Crippen MR) is 125 cm³/mol. The number of hydrogen-bond acceptors (Lipinski definition) is 6. The van der Waals surface area contributed by atoms with Gasteiger partial charge < -0.3 is 14.7 Å². The van der Waals surface area contributed by atoms with Gasteiger partial charge in [0.15, 0.2) is 6.61 Å². The molecule has 1 aliphatic carbocycles. The van der Waals surface area contributed by atoms with Gasteiger partial charge in [-0.05, 0) is 35.9 Å². The van der Waals surface area contributed by atoms with Gasteiger partial charge >= 0.3 is 5.97 Å². The summed E-state index contributed by atoms with van der Waals surface area (Å²) in [5.41, 5.74) is 4.35. The molecule has 178 valence electrons. The number of benzene rings is 2. The number of nitrogens with one attached hydrogen (secondary N) is 1. The molecule has 1 fully saturated rings. The SMILES string of the molecule is CC1(C)[C@H](Oc2ccc(C#N)c(Cl)c2)C(C)(C)[C@H]1N1Cc2cc(NOCC(=O)O)ccc2C1=O. The summed E-state index contributed by atoms with van der Waals surface area (Å²) in [5.74, 6) is -0.537.